The average molecular weight is 421 g/mol. The second-order valence-corrected chi connectivity index (χ2v) is 6.49. The predicted molar refractivity (Wildman–Crippen MR) is 87.6 cm³/mol. The molecular weight excluding hydrogens is 408 g/mol. The number of carbonyl (C=O) groups excluding carboxylic acids is 2. The molecule has 3 rings (SSSR count). The third kappa shape index (κ3) is 3.61. The van der Waals surface area contributed by atoms with E-state index in [-0.39, 0.29) is 22.8 Å². The molecule has 150 valence electrons. The van der Waals surface area contributed by atoms with E-state index in [2.05, 4.69) is 5.10 Å². The third-order valence-corrected chi connectivity index (χ3v) is 4.49. The molecule has 0 radical (unpaired) electrons. The number of aromatic nitrogens is 2. The van der Waals surface area contributed by atoms with Crippen molar-refractivity contribution >= 4 is 23.6 Å². The monoisotopic (exact) mass is 420 g/mol. The molecule has 2 N–H and O–H groups in total. The molecule has 0 bridgehead atoms. The Morgan fingerprint density at radius 3 is 2.57 bits per heavy atom. The zero-order chi connectivity index (χ0) is 20.8. The van der Waals surface area contributed by atoms with Gasteiger partial charge in [-0.3, -0.25) is 14.4 Å². The molecular formula is C16H13ClF4N4O3. The summed E-state index contributed by atoms with van der Waals surface area (Å²) in [4.78, 5) is 24.6. The molecule has 12 heteroatoms. The fraction of sp³-hybridized carbons (Fsp3) is 0.312. The number of aryl methyl sites for hydroxylation is 1. The lowest BCUT2D eigenvalue weighted by atomic mass is 10.0. The third-order valence-electron chi connectivity index (χ3n) is 4.20. The number of amides is 2. The highest BCUT2D eigenvalue weighted by Crippen LogP contribution is 2.36. The summed E-state index contributed by atoms with van der Waals surface area (Å²) in [5, 5.41) is 3.55. The molecule has 1 unspecified atom stereocenters. The Balaban J connectivity index is 2.11. The second kappa shape index (κ2) is 6.97. The molecule has 28 heavy (non-hydrogen) atoms. The van der Waals surface area contributed by atoms with Gasteiger partial charge in [-0.15, -0.1) is 0 Å². The number of nitrogens with two attached hydrogens (primary N) is 1. The molecule has 0 saturated carbocycles. The lowest BCUT2D eigenvalue weighted by Gasteiger charge is -2.24. The van der Waals surface area contributed by atoms with Gasteiger partial charge in [-0.2, -0.15) is 18.3 Å². The molecule has 1 aliphatic rings. The number of ether oxygens (including phenoxy) is 1. The largest absolute Gasteiger partial charge is 0.434 e. The number of alkyl halides is 3. The van der Waals surface area contributed by atoms with Crippen LogP contribution in [0.15, 0.2) is 24.3 Å². The van der Waals surface area contributed by atoms with Gasteiger partial charge in [0.2, 0.25) is 0 Å². The Labute approximate surface area is 160 Å². The van der Waals surface area contributed by atoms with Crippen molar-refractivity contribution < 1.29 is 31.9 Å². The highest BCUT2D eigenvalue weighted by atomic mass is 35.5. The molecule has 2 heterocycles. The average Bonchev–Trinajstić information content (AvgIpc) is 3.15. The van der Waals surface area contributed by atoms with Crippen LogP contribution >= 0.6 is 11.6 Å². The second-order valence-electron chi connectivity index (χ2n) is 6.08. The van der Waals surface area contributed by atoms with Crippen LogP contribution in [0.5, 0.6) is 0 Å². The quantitative estimate of drug-likeness (QED) is 0.770. The van der Waals surface area contributed by atoms with Crippen molar-refractivity contribution in [2.45, 2.75) is 18.3 Å². The van der Waals surface area contributed by atoms with Crippen molar-refractivity contribution in [2.24, 2.45) is 12.8 Å². The van der Waals surface area contributed by atoms with Gasteiger partial charge in [-0.05, 0) is 23.8 Å². The van der Waals surface area contributed by atoms with Crippen molar-refractivity contribution in [3.8, 4) is 0 Å². The van der Waals surface area contributed by atoms with Gasteiger partial charge in [-0.25, -0.2) is 9.18 Å². The van der Waals surface area contributed by atoms with E-state index in [0.29, 0.717) is 4.68 Å². The molecule has 1 aromatic heterocycles. The highest BCUT2D eigenvalue weighted by molar-refractivity contribution is 6.30. The summed E-state index contributed by atoms with van der Waals surface area (Å²) in [6, 6.07) is 2.96. The van der Waals surface area contributed by atoms with Gasteiger partial charge in [0.05, 0.1) is 17.3 Å². The maximum atomic E-state index is 13.5. The van der Waals surface area contributed by atoms with Crippen molar-refractivity contribution in [3.05, 3.63) is 52.1 Å². The smallest absolute Gasteiger partial charge is 0.433 e. The Morgan fingerprint density at radius 2 is 2.07 bits per heavy atom. The van der Waals surface area contributed by atoms with E-state index in [1.54, 1.807) is 0 Å². The Morgan fingerprint density at radius 1 is 1.39 bits per heavy atom. The number of benzene rings is 1. The lowest BCUT2D eigenvalue weighted by Crippen LogP contribution is -2.35. The molecule has 1 saturated heterocycles. The number of halogens is 5. The van der Waals surface area contributed by atoms with Crippen molar-refractivity contribution in [3.63, 3.8) is 0 Å². The summed E-state index contributed by atoms with van der Waals surface area (Å²) < 4.78 is 58.5. The molecule has 2 amide bonds. The van der Waals surface area contributed by atoms with Crippen LogP contribution in [-0.4, -0.2) is 39.3 Å². The first-order chi connectivity index (χ1) is 13.0. The van der Waals surface area contributed by atoms with Crippen molar-refractivity contribution in [2.75, 3.05) is 6.54 Å². The molecule has 1 fully saturated rings. The van der Waals surface area contributed by atoms with Crippen molar-refractivity contribution in [1.29, 1.82) is 0 Å². The summed E-state index contributed by atoms with van der Waals surface area (Å²) in [5.74, 6) is -1.66. The topological polar surface area (TPSA) is 90.5 Å². The van der Waals surface area contributed by atoms with Crippen LogP contribution in [0.25, 0.3) is 0 Å². The first kappa shape index (κ1) is 19.9. The number of hydrogen-bond acceptors (Lipinski definition) is 4. The molecule has 0 aliphatic carbocycles. The van der Waals surface area contributed by atoms with E-state index in [1.165, 1.54) is 6.07 Å². The minimum atomic E-state index is -4.69. The van der Waals surface area contributed by atoms with Crippen LogP contribution in [0.2, 0.25) is 5.02 Å². The van der Waals surface area contributed by atoms with E-state index in [9.17, 15) is 27.2 Å². The van der Waals surface area contributed by atoms with Gasteiger partial charge in [0, 0.05) is 7.05 Å². The molecule has 2 atom stereocenters. The Bertz CT molecular complexity index is 946. The first-order valence-electron chi connectivity index (χ1n) is 7.81. The minimum Gasteiger partial charge on any atom is -0.434 e. The summed E-state index contributed by atoms with van der Waals surface area (Å²) in [7, 11) is 1.09. The van der Waals surface area contributed by atoms with E-state index in [1.807, 2.05) is 0 Å². The number of hydrogen-bond donors (Lipinski definition) is 1. The molecule has 1 aliphatic heterocycles. The number of rotatable bonds is 4. The van der Waals surface area contributed by atoms with E-state index < -0.39 is 41.8 Å². The Kier molecular flexibility index (Phi) is 4.96. The fourth-order valence-corrected chi connectivity index (χ4v) is 3.11. The highest BCUT2D eigenvalue weighted by Gasteiger charge is 2.43. The van der Waals surface area contributed by atoms with Crippen LogP contribution in [0.1, 0.15) is 23.0 Å². The van der Waals surface area contributed by atoms with Crippen LogP contribution < -0.4 is 5.73 Å². The zero-order valence-corrected chi connectivity index (χ0v) is 15.0. The number of nitrogens with zero attached hydrogens (tertiary/aromatic N) is 3. The van der Waals surface area contributed by atoms with E-state index in [0.717, 1.165) is 30.1 Å². The van der Waals surface area contributed by atoms with Gasteiger partial charge >= 0.3 is 12.3 Å². The first-order valence-corrected chi connectivity index (χ1v) is 8.19. The fourth-order valence-electron chi connectivity index (χ4n) is 2.92. The summed E-state index contributed by atoms with van der Waals surface area (Å²) in [6.07, 6.45) is -6.95. The maximum absolute atomic E-state index is 13.5. The number of primary amides is 1. The van der Waals surface area contributed by atoms with E-state index in [4.69, 9.17) is 22.1 Å². The van der Waals surface area contributed by atoms with Gasteiger partial charge in [0.15, 0.2) is 6.10 Å². The van der Waals surface area contributed by atoms with Crippen LogP contribution in [-0.2, 0) is 22.8 Å². The summed E-state index contributed by atoms with van der Waals surface area (Å²) in [6.45, 7) is -0.314. The Hall–Kier alpha value is -2.82. The van der Waals surface area contributed by atoms with E-state index >= 15 is 0 Å². The zero-order valence-electron chi connectivity index (χ0n) is 14.2. The number of carbonyl (C=O) groups is 2. The van der Waals surface area contributed by atoms with Gasteiger partial charge in [0.1, 0.15) is 17.6 Å². The molecule has 2 aromatic rings. The molecule has 0 spiro atoms. The summed E-state index contributed by atoms with van der Waals surface area (Å²) >= 11 is 5.79. The standard InChI is InChI=1S/C16H13ClF4N4O3/c1-24-12(16(19,20)21)5-10(23-24)13(7-2-3-9(18)8(17)4-7)25-6-11(14(22)26)28-15(25)27/h2-5,11,13H,6H2,1H3,(H2,22,26)/t11?,13-/m0/s1. The molecule has 1 aromatic carbocycles. The van der Waals surface area contributed by atoms with Crippen molar-refractivity contribution in [1.82, 2.24) is 14.7 Å². The lowest BCUT2D eigenvalue weighted by molar-refractivity contribution is -0.143. The van der Waals surface area contributed by atoms with Crippen LogP contribution in [0, 0.1) is 5.82 Å². The maximum Gasteiger partial charge on any atom is 0.433 e. The minimum absolute atomic E-state index is 0.167. The number of cyclic esters (lactones) is 1. The van der Waals surface area contributed by atoms with Gasteiger partial charge in [-0.1, -0.05) is 17.7 Å². The van der Waals surface area contributed by atoms with Gasteiger partial charge in [0.25, 0.3) is 5.91 Å². The molecule has 7 nitrogen and oxygen atoms in total. The van der Waals surface area contributed by atoms with Crippen LogP contribution in [0.4, 0.5) is 22.4 Å². The predicted octanol–water partition coefficient (Wildman–Crippen LogP) is 2.63. The van der Waals surface area contributed by atoms with Gasteiger partial charge < -0.3 is 10.5 Å². The van der Waals surface area contributed by atoms with Crippen LogP contribution in [0.3, 0.4) is 0 Å². The SMILES string of the molecule is Cn1nc([C@H](c2ccc(F)c(Cl)c2)N2CC(C(N)=O)OC2=O)cc1C(F)(F)F. The normalized spacial score (nSPS) is 18.3. The summed E-state index contributed by atoms with van der Waals surface area (Å²) in [5.41, 5.74) is 4.10.